The van der Waals surface area contributed by atoms with Gasteiger partial charge in [-0.1, -0.05) is 35.9 Å². The van der Waals surface area contributed by atoms with E-state index in [2.05, 4.69) is 9.97 Å². The van der Waals surface area contributed by atoms with E-state index in [1.807, 2.05) is 43.3 Å². The number of carbonyl (C=O) groups is 2. The second-order valence-corrected chi connectivity index (χ2v) is 7.25. The van der Waals surface area contributed by atoms with Crippen LogP contribution in [-0.4, -0.2) is 38.2 Å². The van der Waals surface area contributed by atoms with Crippen molar-refractivity contribution < 1.29 is 14.7 Å². The van der Waals surface area contributed by atoms with Crippen LogP contribution >= 0.6 is 0 Å². The summed E-state index contributed by atoms with van der Waals surface area (Å²) in [5, 5.41) is 10.9. The lowest BCUT2D eigenvalue weighted by molar-refractivity contribution is -0.139. The van der Waals surface area contributed by atoms with Crippen LogP contribution in [0.3, 0.4) is 0 Å². The fourth-order valence-electron chi connectivity index (χ4n) is 3.67. The summed E-state index contributed by atoms with van der Waals surface area (Å²) in [5.74, 6) is -1.48. The van der Waals surface area contributed by atoms with Crippen molar-refractivity contribution in [3.05, 3.63) is 101 Å². The summed E-state index contributed by atoms with van der Waals surface area (Å²) in [4.78, 5) is 35.5. The molecule has 4 rings (SSSR count). The molecule has 0 aliphatic carbocycles. The van der Waals surface area contributed by atoms with E-state index in [0.29, 0.717) is 18.5 Å². The van der Waals surface area contributed by atoms with Crippen LogP contribution in [0.2, 0.25) is 0 Å². The van der Waals surface area contributed by atoms with Gasteiger partial charge in [-0.3, -0.25) is 19.6 Å². The Labute approximate surface area is 174 Å². The van der Waals surface area contributed by atoms with Crippen molar-refractivity contribution in [2.75, 3.05) is 6.54 Å². The van der Waals surface area contributed by atoms with Crippen LogP contribution < -0.4 is 0 Å². The Morgan fingerprint density at radius 1 is 1.00 bits per heavy atom. The van der Waals surface area contributed by atoms with Crippen LogP contribution in [0.25, 0.3) is 5.76 Å². The number of hydrogen-bond donors (Lipinski definition) is 1. The molecule has 1 atom stereocenters. The van der Waals surface area contributed by atoms with E-state index in [1.54, 1.807) is 24.5 Å². The number of nitrogens with zero attached hydrogens (tertiary/aromatic N) is 3. The average Bonchev–Trinajstić information content (AvgIpc) is 3.04. The standard InChI is InChI=1S/C24H21N3O3/c1-16-4-6-18(7-5-16)21-20(22(28)19-8-12-25-13-9-19)23(29)24(30)27(21)14-10-17-3-2-11-26-15-17/h2-9,11-13,15,21,28H,10,14H2,1H3. The second kappa shape index (κ2) is 8.29. The van der Waals surface area contributed by atoms with Gasteiger partial charge >= 0.3 is 0 Å². The first kappa shape index (κ1) is 19.5. The summed E-state index contributed by atoms with van der Waals surface area (Å²) < 4.78 is 0. The molecule has 1 unspecified atom stereocenters. The van der Waals surface area contributed by atoms with Gasteiger partial charge in [-0.15, -0.1) is 0 Å². The van der Waals surface area contributed by atoms with Gasteiger partial charge in [0.15, 0.2) is 0 Å². The predicted octanol–water partition coefficient (Wildman–Crippen LogP) is 3.45. The van der Waals surface area contributed by atoms with Gasteiger partial charge in [0.05, 0.1) is 11.6 Å². The number of pyridine rings is 2. The molecule has 0 bridgehead atoms. The number of aliphatic hydroxyl groups excluding tert-OH is 1. The molecule has 150 valence electrons. The van der Waals surface area contributed by atoms with E-state index in [4.69, 9.17) is 0 Å². The van der Waals surface area contributed by atoms with Gasteiger partial charge in [0, 0.05) is 36.9 Å². The van der Waals surface area contributed by atoms with Crippen molar-refractivity contribution in [3.8, 4) is 0 Å². The third kappa shape index (κ3) is 3.72. The Balaban J connectivity index is 1.78. The number of carbonyl (C=O) groups excluding carboxylic acids is 2. The Hall–Kier alpha value is -3.80. The van der Waals surface area contributed by atoms with Crippen molar-refractivity contribution >= 4 is 17.4 Å². The van der Waals surface area contributed by atoms with Crippen LogP contribution in [0.1, 0.15) is 28.3 Å². The van der Waals surface area contributed by atoms with Crippen molar-refractivity contribution in [2.24, 2.45) is 0 Å². The maximum atomic E-state index is 13.0. The van der Waals surface area contributed by atoms with Gasteiger partial charge < -0.3 is 10.0 Å². The van der Waals surface area contributed by atoms with E-state index in [9.17, 15) is 14.7 Å². The highest BCUT2D eigenvalue weighted by Gasteiger charge is 2.45. The number of aromatic nitrogens is 2. The van der Waals surface area contributed by atoms with Crippen LogP contribution in [0, 0.1) is 6.92 Å². The monoisotopic (exact) mass is 399 g/mol. The molecule has 1 aliphatic rings. The molecule has 0 spiro atoms. The van der Waals surface area contributed by atoms with E-state index < -0.39 is 17.7 Å². The van der Waals surface area contributed by atoms with Gasteiger partial charge in [-0.05, 0) is 42.7 Å². The van der Waals surface area contributed by atoms with Gasteiger partial charge in [0.1, 0.15) is 5.76 Å². The number of aryl methyl sites for hydroxylation is 1. The molecule has 6 heteroatoms. The molecule has 1 N–H and O–H groups in total. The fourth-order valence-corrected chi connectivity index (χ4v) is 3.67. The van der Waals surface area contributed by atoms with E-state index in [-0.39, 0.29) is 11.3 Å². The number of rotatable bonds is 5. The minimum atomic E-state index is -0.680. The number of amides is 1. The Kier molecular flexibility index (Phi) is 5.39. The summed E-state index contributed by atoms with van der Waals surface area (Å²) in [6.45, 7) is 2.31. The predicted molar refractivity (Wildman–Crippen MR) is 112 cm³/mol. The van der Waals surface area contributed by atoms with E-state index in [1.165, 1.54) is 17.3 Å². The number of benzene rings is 1. The third-order valence-electron chi connectivity index (χ3n) is 5.25. The smallest absolute Gasteiger partial charge is 0.295 e. The zero-order chi connectivity index (χ0) is 21.1. The lowest BCUT2D eigenvalue weighted by atomic mass is 9.95. The van der Waals surface area contributed by atoms with Crippen molar-refractivity contribution in [1.29, 1.82) is 0 Å². The molecular weight excluding hydrogens is 378 g/mol. The Morgan fingerprint density at radius 3 is 2.40 bits per heavy atom. The fraction of sp³-hybridized carbons (Fsp3) is 0.167. The van der Waals surface area contributed by atoms with Gasteiger partial charge in [0.25, 0.3) is 11.7 Å². The zero-order valence-corrected chi connectivity index (χ0v) is 16.5. The van der Waals surface area contributed by atoms with Crippen LogP contribution in [0.15, 0.2) is 78.9 Å². The molecule has 3 heterocycles. The minimum Gasteiger partial charge on any atom is -0.507 e. The minimum absolute atomic E-state index is 0.0984. The number of aliphatic hydroxyl groups is 1. The molecule has 2 aromatic heterocycles. The maximum Gasteiger partial charge on any atom is 0.295 e. The van der Waals surface area contributed by atoms with Crippen molar-refractivity contribution in [3.63, 3.8) is 0 Å². The summed E-state index contributed by atoms with van der Waals surface area (Å²) in [5.41, 5.74) is 3.37. The first-order chi connectivity index (χ1) is 14.6. The zero-order valence-electron chi connectivity index (χ0n) is 16.5. The van der Waals surface area contributed by atoms with E-state index >= 15 is 0 Å². The molecule has 0 radical (unpaired) electrons. The van der Waals surface area contributed by atoms with Gasteiger partial charge in [-0.25, -0.2) is 0 Å². The summed E-state index contributed by atoms with van der Waals surface area (Å²) in [6.07, 6.45) is 7.06. The molecule has 1 saturated heterocycles. The highest BCUT2D eigenvalue weighted by molar-refractivity contribution is 6.46. The topological polar surface area (TPSA) is 83.4 Å². The third-order valence-corrected chi connectivity index (χ3v) is 5.25. The highest BCUT2D eigenvalue weighted by atomic mass is 16.3. The van der Waals surface area contributed by atoms with Crippen molar-refractivity contribution in [2.45, 2.75) is 19.4 Å². The molecule has 1 aliphatic heterocycles. The van der Waals surface area contributed by atoms with Crippen LogP contribution in [0.5, 0.6) is 0 Å². The van der Waals surface area contributed by atoms with Gasteiger partial charge in [-0.2, -0.15) is 0 Å². The molecule has 6 nitrogen and oxygen atoms in total. The van der Waals surface area contributed by atoms with Gasteiger partial charge in [0.2, 0.25) is 0 Å². The molecule has 1 aromatic carbocycles. The van der Waals surface area contributed by atoms with Crippen LogP contribution in [0.4, 0.5) is 0 Å². The molecule has 3 aromatic rings. The van der Waals surface area contributed by atoms with Crippen LogP contribution in [-0.2, 0) is 16.0 Å². The number of likely N-dealkylation sites (tertiary alicyclic amines) is 1. The molecular formula is C24H21N3O3. The summed E-state index contributed by atoms with van der Waals surface area (Å²) >= 11 is 0. The normalized spacial score (nSPS) is 18.0. The Morgan fingerprint density at radius 2 is 1.73 bits per heavy atom. The lowest BCUT2D eigenvalue weighted by Gasteiger charge is -2.25. The molecule has 1 amide bonds. The number of Topliss-reactive ketones (excluding diaryl/α,β-unsaturated/α-hetero) is 1. The summed E-state index contributed by atoms with van der Waals surface area (Å²) in [6, 6.07) is 14.0. The van der Waals surface area contributed by atoms with E-state index in [0.717, 1.165) is 16.7 Å². The summed E-state index contributed by atoms with van der Waals surface area (Å²) in [7, 11) is 0. The first-order valence-corrected chi connectivity index (χ1v) is 9.70. The largest absolute Gasteiger partial charge is 0.507 e. The SMILES string of the molecule is Cc1ccc(C2C(=C(O)c3ccncc3)C(=O)C(=O)N2CCc2cccnc2)cc1. The quantitative estimate of drug-likeness (QED) is 0.404. The second-order valence-electron chi connectivity index (χ2n) is 7.25. The molecule has 30 heavy (non-hydrogen) atoms. The Bertz CT molecular complexity index is 1090. The average molecular weight is 399 g/mol. The maximum absolute atomic E-state index is 13.0. The number of ketones is 1. The first-order valence-electron chi connectivity index (χ1n) is 9.70. The number of hydrogen-bond acceptors (Lipinski definition) is 5. The molecule has 0 saturated carbocycles. The highest BCUT2D eigenvalue weighted by Crippen LogP contribution is 2.39. The lowest BCUT2D eigenvalue weighted by Crippen LogP contribution is -2.31. The molecule has 1 fully saturated rings. The van der Waals surface area contributed by atoms with Crippen molar-refractivity contribution in [1.82, 2.24) is 14.9 Å².